The standard InChI is InChI=1S/C11H10N2O4S/c1-8(6-12)17-11(14)7-18-10-5-3-2-4-9(10)13(15)16/h2-5,8H,7H2,1H3/t8-/m1/s1. The highest BCUT2D eigenvalue weighted by Crippen LogP contribution is 2.28. The summed E-state index contributed by atoms with van der Waals surface area (Å²) in [6.07, 6.45) is -0.816. The van der Waals surface area contributed by atoms with E-state index in [-0.39, 0.29) is 11.4 Å². The highest BCUT2D eigenvalue weighted by atomic mass is 32.2. The molecule has 0 unspecified atom stereocenters. The van der Waals surface area contributed by atoms with Gasteiger partial charge in [0.25, 0.3) is 5.69 Å². The summed E-state index contributed by atoms with van der Waals surface area (Å²) in [7, 11) is 0. The number of nitriles is 1. The number of thioether (sulfide) groups is 1. The monoisotopic (exact) mass is 266 g/mol. The summed E-state index contributed by atoms with van der Waals surface area (Å²) in [6, 6.07) is 7.89. The second-order valence-corrected chi connectivity index (χ2v) is 4.29. The molecule has 0 saturated heterocycles. The highest BCUT2D eigenvalue weighted by Gasteiger charge is 2.15. The first kappa shape index (κ1) is 14.0. The Hall–Kier alpha value is -2.07. The molecule has 1 aromatic rings. The van der Waals surface area contributed by atoms with Gasteiger partial charge in [0.15, 0.2) is 6.10 Å². The first-order chi connectivity index (χ1) is 8.54. The molecular weight excluding hydrogens is 256 g/mol. The lowest BCUT2D eigenvalue weighted by Gasteiger charge is -2.05. The Labute approximate surface area is 108 Å². The van der Waals surface area contributed by atoms with Crippen LogP contribution in [0.5, 0.6) is 0 Å². The number of hydrogen-bond donors (Lipinski definition) is 0. The van der Waals surface area contributed by atoms with Crippen LogP contribution in [0.2, 0.25) is 0 Å². The Kier molecular flexibility index (Phi) is 5.14. The number of nitro groups is 1. The van der Waals surface area contributed by atoms with E-state index >= 15 is 0 Å². The molecule has 1 rings (SSSR count). The fourth-order valence-corrected chi connectivity index (χ4v) is 1.93. The van der Waals surface area contributed by atoms with Crippen LogP contribution in [-0.4, -0.2) is 22.7 Å². The average Bonchev–Trinajstić information content (AvgIpc) is 2.36. The average molecular weight is 266 g/mol. The van der Waals surface area contributed by atoms with Gasteiger partial charge in [-0.25, -0.2) is 0 Å². The predicted octanol–water partition coefficient (Wildman–Crippen LogP) is 2.14. The van der Waals surface area contributed by atoms with Crippen molar-refractivity contribution < 1.29 is 14.5 Å². The molecule has 0 N–H and O–H groups in total. The molecule has 0 aliphatic heterocycles. The molecule has 0 heterocycles. The molecule has 0 fully saturated rings. The van der Waals surface area contributed by atoms with Gasteiger partial charge in [0.05, 0.1) is 15.6 Å². The van der Waals surface area contributed by atoms with Crippen molar-refractivity contribution >= 4 is 23.4 Å². The Morgan fingerprint density at radius 3 is 2.89 bits per heavy atom. The molecule has 6 nitrogen and oxygen atoms in total. The van der Waals surface area contributed by atoms with Gasteiger partial charge < -0.3 is 4.74 Å². The lowest BCUT2D eigenvalue weighted by molar-refractivity contribution is -0.387. The summed E-state index contributed by atoms with van der Waals surface area (Å²) < 4.78 is 4.73. The van der Waals surface area contributed by atoms with Gasteiger partial charge in [-0.3, -0.25) is 14.9 Å². The first-order valence-corrected chi connectivity index (χ1v) is 5.98. The molecule has 7 heteroatoms. The number of carbonyl (C=O) groups is 1. The van der Waals surface area contributed by atoms with E-state index < -0.39 is 17.0 Å². The van der Waals surface area contributed by atoms with Crippen LogP contribution in [0.1, 0.15) is 6.92 Å². The predicted molar refractivity (Wildman–Crippen MR) is 65.0 cm³/mol. The van der Waals surface area contributed by atoms with Crippen LogP contribution in [0.3, 0.4) is 0 Å². The van der Waals surface area contributed by atoms with Crippen molar-refractivity contribution in [3.05, 3.63) is 34.4 Å². The van der Waals surface area contributed by atoms with Gasteiger partial charge in [0.2, 0.25) is 0 Å². The summed E-state index contributed by atoms with van der Waals surface area (Å²) in [5.41, 5.74) is -0.0522. The quantitative estimate of drug-likeness (QED) is 0.351. The van der Waals surface area contributed by atoms with Crippen molar-refractivity contribution in [2.24, 2.45) is 0 Å². The Balaban J connectivity index is 2.62. The number of nitrogens with zero attached hydrogens (tertiary/aromatic N) is 2. The van der Waals surface area contributed by atoms with Gasteiger partial charge in [-0.15, -0.1) is 11.8 Å². The second kappa shape index (κ2) is 6.61. The minimum atomic E-state index is -0.816. The van der Waals surface area contributed by atoms with E-state index in [1.807, 2.05) is 0 Å². The van der Waals surface area contributed by atoms with Crippen LogP contribution in [-0.2, 0) is 9.53 Å². The van der Waals surface area contributed by atoms with Gasteiger partial charge in [-0.1, -0.05) is 12.1 Å². The molecular formula is C11H10N2O4S. The van der Waals surface area contributed by atoms with Crippen molar-refractivity contribution in [1.82, 2.24) is 0 Å². The summed E-state index contributed by atoms with van der Waals surface area (Å²) in [5.74, 6) is -0.649. The zero-order chi connectivity index (χ0) is 13.5. The van der Waals surface area contributed by atoms with Crippen LogP contribution < -0.4 is 0 Å². The molecule has 0 radical (unpaired) electrons. The number of esters is 1. The SMILES string of the molecule is C[C@H](C#N)OC(=O)CSc1ccccc1[N+](=O)[O-]. The van der Waals surface area contributed by atoms with E-state index in [0.29, 0.717) is 4.90 Å². The number of hydrogen-bond acceptors (Lipinski definition) is 6. The minimum absolute atomic E-state index is 0.0522. The van der Waals surface area contributed by atoms with Crippen molar-refractivity contribution in [2.45, 2.75) is 17.9 Å². The summed E-state index contributed by atoms with van der Waals surface area (Å²) in [4.78, 5) is 21.9. The number of para-hydroxylation sites is 1. The third-order valence-corrected chi connectivity index (χ3v) is 2.93. The summed E-state index contributed by atoms with van der Waals surface area (Å²) in [6.45, 7) is 1.45. The zero-order valence-corrected chi connectivity index (χ0v) is 10.3. The molecule has 0 aromatic heterocycles. The summed E-state index contributed by atoms with van der Waals surface area (Å²) >= 11 is 1.01. The van der Waals surface area contributed by atoms with Gasteiger partial charge in [0, 0.05) is 6.07 Å². The smallest absolute Gasteiger partial charge is 0.317 e. The van der Waals surface area contributed by atoms with Gasteiger partial charge in [-0.2, -0.15) is 5.26 Å². The van der Waals surface area contributed by atoms with E-state index in [2.05, 4.69) is 0 Å². The number of nitro benzene ring substituents is 1. The van der Waals surface area contributed by atoms with Crippen LogP contribution in [0.25, 0.3) is 0 Å². The minimum Gasteiger partial charge on any atom is -0.447 e. The number of benzene rings is 1. The van der Waals surface area contributed by atoms with E-state index in [9.17, 15) is 14.9 Å². The fourth-order valence-electron chi connectivity index (χ4n) is 1.12. The molecule has 0 bridgehead atoms. The normalized spacial score (nSPS) is 11.3. The number of carbonyl (C=O) groups excluding carboxylic acids is 1. The van der Waals surface area contributed by atoms with E-state index in [1.54, 1.807) is 24.3 Å². The zero-order valence-electron chi connectivity index (χ0n) is 9.53. The lowest BCUT2D eigenvalue weighted by atomic mass is 10.3. The lowest BCUT2D eigenvalue weighted by Crippen LogP contribution is -2.14. The topological polar surface area (TPSA) is 93.2 Å². The molecule has 0 aliphatic rings. The second-order valence-electron chi connectivity index (χ2n) is 3.27. The number of ether oxygens (including phenoxy) is 1. The van der Waals surface area contributed by atoms with Gasteiger partial charge in [-0.05, 0) is 13.0 Å². The third kappa shape index (κ3) is 4.07. The van der Waals surface area contributed by atoms with Crippen molar-refractivity contribution in [3.8, 4) is 6.07 Å². The van der Waals surface area contributed by atoms with E-state index in [1.165, 1.54) is 13.0 Å². The van der Waals surface area contributed by atoms with Gasteiger partial charge >= 0.3 is 5.97 Å². The third-order valence-electron chi connectivity index (χ3n) is 1.90. The molecule has 0 spiro atoms. The molecule has 94 valence electrons. The summed E-state index contributed by atoms with van der Waals surface area (Å²) in [5, 5.41) is 19.2. The Morgan fingerprint density at radius 2 is 2.28 bits per heavy atom. The maximum absolute atomic E-state index is 11.3. The van der Waals surface area contributed by atoms with Crippen molar-refractivity contribution in [3.63, 3.8) is 0 Å². The van der Waals surface area contributed by atoms with E-state index in [0.717, 1.165) is 11.8 Å². The fraction of sp³-hybridized carbons (Fsp3) is 0.273. The molecule has 1 aromatic carbocycles. The van der Waals surface area contributed by atoms with Crippen molar-refractivity contribution in [2.75, 3.05) is 5.75 Å². The number of rotatable bonds is 5. The van der Waals surface area contributed by atoms with Gasteiger partial charge in [0.1, 0.15) is 6.07 Å². The molecule has 18 heavy (non-hydrogen) atoms. The van der Waals surface area contributed by atoms with E-state index in [4.69, 9.17) is 10.00 Å². The Morgan fingerprint density at radius 1 is 1.61 bits per heavy atom. The molecule has 1 atom stereocenters. The maximum atomic E-state index is 11.3. The largest absolute Gasteiger partial charge is 0.447 e. The van der Waals surface area contributed by atoms with Crippen LogP contribution >= 0.6 is 11.8 Å². The molecule has 0 saturated carbocycles. The van der Waals surface area contributed by atoms with Crippen LogP contribution in [0, 0.1) is 21.4 Å². The maximum Gasteiger partial charge on any atom is 0.317 e. The Bertz CT molecular complexity index is 498. The first-order valence-electron chi connectivity index (χ1n) is 5.00. The van der Waals surface area contributed by atoms with Crippen molar-refractivity contribution in [1.29, 1.82) is 5.26 Å². The van der Waals surface area contributed by atoms with Crippen LogP contribution in [0.4, 0.5) is 5.69 Å². The van der Waals surface area contributed by atoms with Crippen LogP contribution in [0.15, 0.2) is 29.2 Å². The highest BCUT2D eigenvalue weighted by molar-refractivity contribution is 8.00. The molecule has 0 amide bonds. The molecule has 0 aliphatic carbocycles.